The van der Waals surface area contributed by atoms with Crippen molar-refractivity contribution in [3.63, 3.8) is 0 Å². The fourth-order valence-corrected chi connectivity index (χ4v) is 4.64. The Morgan fingerprint density at radius 3 is 1.75 bits per heavy atom. The van der Waals surface area contributed by atoms with Crippen LogP contribution in [0.5, 0.6) is 23.0 Å². The van der Waals surface area contributed by atoms with Crippen molar-refractivity contribution in [1.29, 1.82) is 0 Å². The molecule has 6 heteroatoms. The molecule has 2 unspecified atom stereocenters. The summed E-state index contributed by atoms with van der Waals surface area (Å²) in [5.74, 6) is 1.04. The Kier molecular flexibility index (Phi) is 4.89. The minimum atomic E-state index is -0.164. The number of phenolic OH excluding ortho intramolecular Hbond substituents is 2. The lowest BCUT2D eigenvalue weighted by atomic mass is 9.67. The average Bonchev–Trinajstić information content (AvgIpc) is 2.69. The van der Waals surface area contributed by atoms with Gasteiger partial charge in [-0.1, -0.05) is 18.6 Å². The number of piperidine rings is 1. The van der Waals surface area contributed by atoms with E-state index in [1.54, 1.807) is 24.3 Å². The zero-order chi connectivity index (χ0) is 19.8. The molecule has 1 saturated heterocycles. The first-order chi connectivity index (χ1) is 13.5. The van der Waals surface area contributed by atoms with Crippen molar-refractivity contribution in [3.05, 3.63) is 47.5 Å². The summed E-state index contributed by atoms with van der Waals surface area (Å²) < 4.78 is 10.5. The third kappa shape index (κ3) is 3.07. The summed E-state index contributed by atoms with van der Waals surface area (Å²) in [5, 5.41) is 23.5. The van der Waals surface area contributed by atoms with Crippen LogP contribution >= 0.6 is 0 Å². The van der Waals surface area contributed by atoms with Crippen LogP contribution in [0.25, 0.3) is 0 Å². The molecule has 2 aliphatic rings. The lowest BCUT2D eigenvalue weighted by Gasteiger charge is -2.45. The molecular weight excluding hydrogens is 358 g/mol. The Bertz CT molecular complexity index is 827. The SMILES string of the molecule is COc1cc(C2NC(c3ccc(O)c(OC)c3)[C@H]3CCC[C@@H]2C3=O)ccc1O. The number of methoxy groups -OCH3 is 2. The maximum atomic E-state index is 13.2. The normalized spacial score (nSPS) is 26.7. The van der Waals surface area contributed by atoms with Crippen molar-refractivity contribution in [1.82, 2.24) is 5.32 Å². The van der Waals surface area contributed by atoms with E-state index in [2.05, 4.69) is 5.32 Å². The summed E-state index contributed by atoms with van der Waals surface area (Å²) in [5.41, 5.74) is 1.84. The van der Waals surface area contributed by atoms with Crippen LogP contribution in [0.4, 0.5) is 0 Å². The quantitative estimate of drug-likeness (QED) is 0.749. The Labute approximate surface area is 164 Å². The molecule has 2 aromatic carbocycles. The monoisotopic (exact) mass is 383 g/mol. The smallest absolute Gasteiger partial charge is 0.160 e. The highest BCUT2D eigenvalue weighted by Crippen LogP contribution is 2.47. The molecule has 0 amide bonds. The Hall–Kier alpha value is -2.73. The van der Waals surface area contributed by atoms with E-state index in [9.17, 15) is 15.0 Å². The standard InChI is InChI=1S/C22H25NO5/c1-27-18-10-12(6-8-16(18)24)20-14-4-3-5-15(22(14)26)21(23-20)13-7-9-17(25)19(11-13)28-2/h6-11,14-15,20-21,23-25H,3-5H2,1-2H3/t14-,15+,20?,21?. The zero-order valence-corrected chi connectivity index (χ0v) is 16.0. The van der Waals surface area contributed by atoms with Gasteiger partial charge in [-0.2, -0.15) is 0 Å². The maximum absolute atomic E-state index is 13.2. The van der Waals surface area contributed by atoms with Crippen molar-refractivity contribution in [2.45, 2.75) is 31.3 Å². The van der Waals surface area contributed by atoms with E-state index < -0.39 is 0 Å². The summed E-state index contributed by atoms with van der Waals surface area (Å²) in [6, 6.07) is 10.2. The van der Waals surface area contributed by atoms with Crippen molar-refractivity contribution in [2.75, 3.05) is 14.2 Å². The third-order valence-corrected chi connectivity index (χ3v) is 6.05. The van der Waals surface area contributed by atoms with Gasteiger partial charge in [0.25, 0.3) is 0 Å². The zero-order valence-electron chi connectivity index (χ0n) is 16.0. The number of hydrogen-bond donors (Lipinski definition) is 3. The van der Waals surface area contributed by atoms with E-state index in [4.69, 9.17) is 9.47 Å². The molecule has 1 heterocycles. The van der Waals surface area contributed by atoms with Gasteiger partial charge in [0.2, 0.25) is 0 Å². The summed E-state index contributed by atoms with van der Waals surface area (Å²) in [4.78, 5) is 13.2. The van der Waals surface area contributed by atoms with E-state index >= 15 is 0 Å². The second kappa shape index (κ2) is 7.36. The predicted octanol–water partition coefficient (Wildman–Crippen LogP) is 3.49. The van der Waals surface area contributed by atoms with Crippen LogP contribution in [-0.2, 0) is 4.79 Å². The molecule has 2 bridgehead atoms. The molecular formula is C22H25NO5. The number of aromatic hydroxyl groups is 2. The van der Waals surface area contributed by atoms with Gasteiger partial charge in [-0.25, -0.2) is 0 Å². The first-order valence-electron chi connectivity index (χ1n) is 9.57. The second-order valence-electron chi connectivity index (χ2n) is 7.53. The van der Waals surface area contributed by atoms with Crippen LogP contribution in [0.2, 0.25) is 0 Å². The lowest BCUT2D eigenvalue weighted by Crippen LogP contribution is -2.50. The summed E-state index contributed by atoms with van der Waals surface area (Å²) in [6.45, 7) is 0. The van der Waals surface area contributed by atoms with Crippen LogP contribution in [-0.4, -0.2) is 30.2 Å². The minimum absolute atomic E-state index is 0.0785. The number of benzene rings is 2. The maximum Gasteiger partial charge on any atom is 0.160 e. The Balaban J connectivity index is 1.74. The van der Waals surface area contributed by atoms with Gasteiger partial charge in [-0.05, 0) is 48.2 Å². The number of ketones is 1. The van der Waals surface area contributed by atoms with E-state index in [-0.39, 0.29) is 41.2 Å². The predicted molar refractivity (Wildman–Crippen MR) is 104 cm³/mol. The average molecular weight is 383 g/mol. The van der Waals surface area contributed by atoms with Crippen molar-refractivity contribution >= 4 is 5.78 Å². The number of hydrogen-bond acceptors (Lipinski definition) is 6. The van der Waals surface area contributed by atoms with Crippen LogP contribution < -0.4 is 14.8 Å². The number of carbonyl (C=O) groups is 1. The molecule has 0 spiro atoms. The summed E-state index contributed by atoms with van der Waals surface area (Å²) in [7, 11) is 3.03. The number of fused-ring (bicyclic) bond motifs is 2. The molecule has 28 heavy (non-hydrogen) atoms. The van der Waals surface area contributed by atoms with Gasteiger partial charge >= 0.3 is 0 Å². The number of ether oxygens (including phenoxy) is 2. The molecule has 1 aliphatic carbocycles. The van der Waals surface area contributed by atoms with Crippen LogP contribution in [0.15, 0.2) is 36.4 Å². The van der Waals surface area contributed by atoms with E-state index in [0.29, 0.717) is 11.5 Å². The fourth-order valence-electron chi connectivity index (χ4n) is 4.64. The second-order valence-corrected chi connectivity index (χ2v) is 7.53. The molecule has 6 nitrogen and oxygen atoms in total. The molecule has 1 saturated carbocycles. The first kappa shape index (κ1) is 18.6. The van der Waals surface area contributed by atoms with Crippen LogP contribution in [0, 0.1) is 11.8 Å². The highest BCUT2D eigenvalue weighted by atomic mass is 16.5. The molecule has 0 aromatic heterocycles. The van der Waals surface area contributed by atoms with E-state index in [0.717, 1.165) is 30.4 Å². The molecule has 0 radical (unpaired) electrons. The van der Waals surface area contributed by atoms with Gasteiger partial charge in [0.15, 0.2) is 23.0 Å². The topological polar surface area (TPSA) is 88.0 Å². The third-order valence-electron chi connectivity index (χ3n) is 6.05. The van der Waals surface area contributed by atoms with E-state index in [1.165, 1.54) is 14.2 Å². The number of carbonyl (C=O) groups excluding carboxylic acids is 1. The first-order valence-corrected chi connectivity index (χ1v) is 9.57. The molecule has 2 fully saturated rings. The van der Waals surface area contributed by atoms with Crippen molar-refractivity contribution < 1.29 is 24.5 Å². The number of nitrogens with one attached hydrogen (secondary N) is 1. The van der Waals surface area contributed by atoms with Gasteiger partial charge in [0, 0.05) is 23.9 Å². The van der Waals surface area contributed by atoms with Gasteiger partial charge < -0.3 is 25.0 Å². The summed E-state index contributed by atoms with van der Waals surface area (Å²) in [6.07, 6.45) is 2.70. The highest BCUT2D eigenvalue weighted by molar-refractivity contribution is 5.87. The largest absolute Gasteiger partial charge is 0.504 e. The molecule has 1 aliphatic heterocycles. The Morgan fingerprint density at radius 1 is 0.857 bits per heavy atom. The van der Waals surface area contributed by atoms with Crippen molar-refractivity contribution in [2.24, 2.45) is 11.8 Å². The van der Waals surface area contributed by atoms with Crippen LogP contribution in [0.3, 0.4) is 0 Å². The molecule has 4 rings (SSSR count). The molecule has 3 N–H and O–H groups in total. The van der Waals surface area contributed by atoms with Gasteiger partial charge in [0.1, 0.15) is 5.78 Å². The number of rotatable bonds is 4. The minimum Gasteiger partial charge on any atom is -0.504 e. The van der Waals surface area contributed by atoms with Gasteiger partial charge in [-0.3, -0.25) is 4.79 Å². The highest BCUT2D eigenvalue weighted by Gasteiger charge is 2.46. The fraction of sp³-hybridized carbons (Fsp3) is 0.409. The molecule has 4 atom stereocenters. The lowest BCUT2D eigenvalue weighted by molar-refractivity contribution is -0.135. The van der Waals surface area contributed by atoms with Gasteiger partial charge in [-0.15, -0.1) is 0 Å². The number of phenols is 2. The van der Waals surface area contributed by atoms with Gasteiger partial charge in [0.05, 0.1) is 14.2 Å². The van der Waals surface area contributed by atoms with E-state index in [1.807, 2.05) is 12.1 Å². The molecule has 148 valence electrons. The summed E-state index contributed by atoms with van der Waals surface area (Å²) >= 11 is 0. The van der Waals surface area contributed by atoms with Crippen LogP contribution in [0.1, 0.15) is 42.5 Å². The number of Topliss-reactive ketones (excluding diaryl/α,β-unsaturated/α-hetero) is 1. The van der Waals surface area contributed by atoms with Crippen molar-refractivity contribution in [3.8, 4) is 23.0 Å². The Morgan fingerprint density at radius 2 is 1.32 bits per heavy atom. The molecule has 2 aromatic rings.